The second-order valence-electron chi connectivity index (χ2n) is 13.7. The number of nitrogens with two attached hydrogens (primary N) is 2. The van der Waals surface area contributed by atoms with Gasteiger partial charge < -0.3 is 21.7 Å². The molecular formula is C49H34N2O3. The van der Waals surface area contributed by atoms with E-state index < -0.39 is 0 Å². The Hall–Kier alpha value is -7.37. The number of nitrogen functional groups attached to an aromatic ring is 2. The standard InChI is InChI=1S/C49H34N2O3/c50-41-17-11-35-23-33(7-9-37(35)27-41)31-3-1-5-39(25-31)45-46(40-6-2-4-32(26-40)34-8-10-38-28-42(51)18-12-36(38)24-34)48(30-15-21-44(53)22-16-30)49(54)47(45)29-13-19-43(52)20-14-29/h1-28,52-53H,50-51H2. The summed E-state index contributed by atoms with van der Waals surface area (Å²) in [5.74, 6) is 0.0898. The van der Waals surface area contributed by atoms with Gasteiger partial charge in [-0.15, -0.1) is 0 Å². The van der Waals surface area contributed by atoms with E-state index in [0.29, 0.717) is 22.3 Å². The van der Waals surface area contributed by atoms with Crippen molar-refractivity contribution < 1.29 is 15.0 Å². The third-order valence-electron chi connectivity index (χ3n) is 10.2. The van der Waals surface area contributed by atoms with Gasteiger partial charge in [-0.3, -0.25) is 4.79 Å². The largest absolute Gasteiger partial charge is 0.508 e. The van der Waals surface area contributed by atoms with Crippen LogP contribution in [0.5, 0.6) is 11.5 Å². The fourth-order valence-corrected chi connectivity index (χ4v) is 7.58. The molecule has 54 heavy (non-hydrogen) atoms. The van der Waals surface area contributed by atoms with Crippen molar-refractivity contribution in [2.75, 3.05) is 11.5 Å². The van der Waals surface area contributed by atoms with Gasteiger partial charge in [-0.25, -0.2) is 0 Å². The Morgan fingerprint density at radius 2 is 0.648 bits per heavy atom. The number of hydrogen-bond acceptors (Lipinski definition) is 5. The average Bonchev–Trinajstić information content (AvgIpc) is 3.50. The van der Waals surface area contributed by atoms with Crippen molar-refractivity contribution in [3.8, 4) is 33.8 Å². The molecule has 5 nitrogen and oxygen atoms in total. The van der Waals surface area contributed by atoms with E-state index in [-0.39, 0.29) is 17.3 Å². The van der Waals surface area contributed by atoms with E-state index in [9.17, 15) is 10.2 Å². The van der Waals surface area contributed by atoms with Gasteiger partial charge in [0.25, 0.3) is 0 Å². The van der Waals surface area contributed by atoms with Crippen molar-refractivity contribution in [1.29, 1.82) is 0 Å². The first-order valence-corrected chi connectivity index (χ1v) is 17.7. The third-order valence-corrected chi connectivity index (χ3v) is 10.2. The summed E-state index contributed by atoms with van der Waals surface area (Å²) in [5.41, 5.74) is 23.4. The molecule has 9 rings (SSSR count). The Bertz CT molecular complexity index is 2670. The molecule has 0 saturated carbocycles. The van der Waals surface area contributed by atoms with Crippen LogP contribution in [0.1, 0.15) is 22.3 Å². The van der Waals surface area contributed by atoms with E-state index in [4.69, 9.17) is 11.5 Å². The molecule has 8 aromatic rings. The van der Waals surface area contributed by atoms with E-state index in [0.717, 1.165) is 77.4 Å². The van der Waals surface area contributed by atoms with Crippen LogP contribution in [-0.2, 0) is 4.79 Å². The number of anilines is 2. The van der Waals surface area contributed by atoms with Crippen LogP contribution < -0.4 is 11.5 Å². The highest BCUT2D eigenvalue weighted by molar-refractivity contribution is 6.59. The topological polar surface area (TPSA) is 110 Å². The first-order valence-electron chi connectivity index (χ1n) is 17.7. The number of Topliss-reactive ketones (excluding diaryl/α,β-unsaturated/α-hetero) is 1. The molecule has 0 saturated heterocycles. The van der Waals surface area contributed by atoms with E-state index in [1.54, 1.807) is 48.5 Å². The molecule has 0 unspecified atom stereocenters. The molecule has 1 aliphatic carbocycles. The zero-order valence-electron chi connectivity index (χ0n) is 29.1. The number of carbonyl (C=O) groups is 1. The summed E-state index contributed by atoms with van der Waals surface area (Å²) in [6, 6.07) is 54.7. The zero-order chi connectivity index (χ0) is 36.9. The van der Waals surface area contributed by atoms with E-state index in [1.165, 1.54) is 0 Å². The SMILES string of the molecule is Nc1ccc2cc(-c3cccc(C4=C(c5ccc(O)cc5)C(=O)C(c5ccc(O)cc5)=C4c4cccc(-c5ccc6cc(N)ccc6c5)c4)c3)ccc2c1. The molecule has 1 aliphatic rings. The molecule has 0 spiro atoms. The molecule has 0 atom stereocenters. The number of aromatic hydroxyl groups is 2. The minimum Gasteiger partial charge on any atom is -0.508 e. The molecule has 0 aliphatic heterocycles. The van der Waals surface area contributed by atoms with Gasteiger partial charge in [-0.1, -0.05) is 97.1 Å². The Balaban J connectivity index is 1.28. The van der Waals surface area contributed by atoms with Gasteiger partial charge in [0.15, 0.2) is 5.78 Å². The van der Waals surface area contributed by atoms with Crippen molar-refractivity contribution in [2.24, 2.45) is 0 Å². The summed E-state index contributed by atoms with van der Waals surface area (Å²) in [7, 11) is 0. The number of fused-ring (bicyclic) bond motifs is 2. The summed E-state index contributed by atoms with van der Waals surface area (Å²) < 4.78 is 0. The highest BCUT2D eigenvalue weighted by Crippen LogP contribution is 2.51. The number of rotatable bonds is 6. The van der Waals surface area contributed by atoms with Crippen LogP contribution in [0, 0.1) is 0 Å². The maximum absolute atomic E-state index is 15.0. The molecule has 5 heteroatoms. The molecule has 0 fully saturated rings. The molecule has 8 aromatic carbocycles. The van der Waals surface area contributed by atoms with Crippen molar-refractivity contribution in [3.63, 3.8) is 0 Å². The van der Waals surface area contributed by atoms with Gasteiger partial charge in [0.2, 0.25) is 0 Å². The van der Waals surface area contributed by atoms with Gasteiger partial charge in [0.05, 0.1) is 0 Å². The second kappa shape index (κ2) is 13.0. The third kappa shape index (κ3) is 5.84. The van der Waals surface area contributed by atoms with E-state index in [1.807, 2.05) is 60.7 Å². The molecule has 0 radical (unpaired) electrons. The van der Waals surface area contributed by atoms with Gasteiger partial charge in [0.1, 0.15) is 11.5 Å². The Kier molecular flexibility index (Phi) is 7.83. The summed E-state index contributed by atoms with van der Waals surface area (Å²) in [6.07, 6.45) is 0. The van der Waals surface area contributed by atoms with Crippen LogP contribution in [0.2, 0.25) is 0 Å². The number of ketones is 1. The second-order valence-corrected chi connectivity index (χ2v) is 13.7. The lowest BCUT2D eigenvalue weighted by Gasteiger charge is -2.16. The Labute approximate surface area is 312 Å². The minimum atomic E-state index is -0.140. The number of carbonyl (C=O) groups excluding carboxylic acids is 1. The van der Waals surface area contributed by atoms with Gasteiger partial charge in [0, 0.05) is 33.7 Å². The molecule has 258 valence electrons. The smallest absolute Gasteiger partial charge is 0.195 e. The molecule has 0 heterocycles. The minimum absolute atomic E-state index is 0.115. The summed E-state index contributed by atoms with van der Waals surface area (Å²) >= 11 is 0. The predicted octanol–water partition coefficient (Wildman–Crippen LogP) is 11.0. The van der Waals surface area contributed by atoms with Gasteiger partial charge >= 0.3 is 0 Å². The average molecular weight is 699 g/mol. The summed E-state index contributed by atoms with van der Waals surface area (Å²) in [4.78, 5) is 15.0. The van der Waals surface area contributed by atoms with Gasteiger partial charge in [-0.2, -0.15) is 0 Å². The first kappa shape index (κ1) is 32.5. The highest BCUT2D eigenvalue weighted by atomic mass is 16.3. The number of phenols is 2. The number of allylic oxidation sites excluding steroid dienone is 4. The lowest BCUT2D eigenvalue weighted by molar-refractivity contribution is -0.108. The normalized spacial score (nSPS) is 13.0. The molecule has 0 aromatic heterocycles. The van der Waals surface area contributed by atoms with Crippen LogP contribution in [-0.4, -0.2) is 16.0 Å². The maximum atomic E-state index is 15.0. The lowest BCUT2D eigenvalue weighted by atomic mass is 9.87. The lowest BCUT2D eigenvalue weighted by Crippen LogP contribution is -2.02. The van der Waals surface area contributed by atoms with Crippen LogP contribution in [0.25, 0.3) is 66.1 Å². The van der Waals surface area contributed by atoms with Crippen molar-refractivity contribution in [2.45, 2.75) is 0 Å². The highest BCUT2D eigenvalue weighted by Gasteiger charge is 2.35. The predicted molar refractivity (Wildman–Crippen MR) is 222 cm³/mol. The van der Waals surface area contributed by atoms with Crippen molar-refractivity contribution in [3.05, 3.63) is 192 Å². The molecular weight excluding hydrogens is 665 g/mol. The van der Waals surface area contributed by atoms with E-state index in [2.05, 4.69) is 60.7 Å². The Morgan fingerprint density at radius 1 is 0.315 bits per heavy atom. The zero-order valence-corrected chi connectivity index (χ0v) is 29.1. The van der Waals surface area contributed by atoms with Crippen molar-refractivity contribution in [1.82, 2.24) is 0 Å². The fraction of sp³-hybridized carbons (Fsp3) is 0. The summed E-state index contributed by atoms with van der Waals surface area (Å²) in [5, 5.41) is 24.8. The van der Waals surface area contributed by atoms with E-state index >= 15 is 4.79 Å². The quantitative estimate of drug-likeness (QED) is 0.129. The van der Waals surface area contributed by atoms with Crippen LogP contribution in [0.3, 0.4) is 0 Å². The maximum Gasteiger partial charge on any atom is 0.195 e. The monoisotopic (exact) mass is 698 g/mol. The van der Waals surface area contributed by atoms with Gasteiger partial charge in [-0.05, 0) is 139 Å². The van der Waals surface area contributed by atoms with Crippen LogP contribution >= 0.6 is 0 Å². The number of phenolic OH excluding ortho intramolecular Hbond substituents is 2. The van der Waals surface area contributed by atoms with Crippen LogP contribution in [0.4, 0.5) is 11.4 Å². The first-order chi connectivity index (χ1) is 26.3. The molecule has 0 bridgehead atoms. The number of hydrogen-bond donors (Lipinski definition) is 4. The van der Waals surface area contributed by atoms with Crippen LogP contribution in [0.15, 0.2) is 170 Å². The number of benzene rings is 8. The van der Waals surface area contributed by atoms with Crippen molar-refractivity contribution >= 4 is 61.0 Å². The molecule has 0 amide bonds. The fourth-order valence-electron chi connectivity index (χ4n) is 7.58. The molecule has 6 N–H and O–H groups in total. The Morgan fingerprint density at radius 3 is 1.07 bits per heavy atom. The summed E-state index contributed by atoms with van der Waals surface area (Å²) in [6.45, 7) is 0.